The van der Waals surface area contributed by atoms with Crippen LogP contribution < -0.4 is 0 Å². The van der Waals surface area contributed by atoms with Gasteiger partial charge >= 0.3 is 39.5 Å². The van der Waals surface area contributed by atoms with E-state index in [1.165, 1.54) is 148 Å². The number of hydrogen-bond acceptors (Lipinski definition) is 15. The maximum Gasteiger partial charge on any atom is 0.472 e. The van der Waals surface area contributed by atoms with E-state index in [1.807, 2.05) is 0 Å². The summed E-state index contributed by atoms with van der Waals surface area (Å²) in [5, 5.41) is 10.6. The van der Waals surface area contributed by atoms with E-state index in [9.17, 15) is 43.2 Å². The molecule has 94 heavy (non-hydrogen) atoms. The fourth-order valence-corrected chi connectivity index (χ4v) is 12.4. The zero-order chi connectivity index (χ0) is 69.4. The molecule has 0 radical (unpaired) electrons. The Hall–Kier alpha value is -2.46. The standard InChI is InChI=1S/C75H142O17P2/c1-8-10-11-12-13-14-15-16-17-22-25-28-36-44-51-58-74(79)91-71(63-86-73(78)57-50-43-38-31-33-40-47-54-67(5)6)65-90-94(83,84)88-61-69(76)60-87-93(81,82)89-64-70(92-75(80)59-52-45-37-30-29-34-41-48-55-68(7)9-2)62-85-72(77)56-49-42-35-27-24-21-19-18-20-23-26-32-39-46-53-66(3)4/h14-17,66-71,76H,8-13,18-65H2,1-7H3,(H,81,82)(H,83,84)/b15-14-,17-16-/t68?,69?,70-,71-/m1/s1. The second-order valence-corrected chi connectivity index (χ2v) is 30.5. The number of unbranched alkanes of at least 4 members (excludes halogenated alkanes) is 35. The van der Waals surface area contributed by atoms with Gasteiger partial charge in [-0.15, -0.1) is 0 Å². The summed E-state index contributed by atoms with van der Waals surface area (Å²) in [5.74, 6) is 0.115. The third-order valence-corrected chi connectivity index (χ3v) is 19.0. The van der Waals surface area contributed by atoms with Crippen LogP contribution in [-0.4, -0.2) is 96.7 Å². The van der Waals surface area contributed by atoms with Gasteiger partial charge in [0.25, 0.3) is 0 Å². The Bertz CT molecular complexity index is 1930. The van der Waals surface area contributed by atoms with Crippen LogP contribution in [0.5, 0.6) is 0 Å². The minimum atomic E-state index is -4.96. The lowest BCUT2D eigenvalue weighted by Gasteiger charge is -2.21. The van der Waals surface area contributed by atoms with Crippen LogP contribution in [0.2, 0.25) is 0 Å². The smallest absolute Gasteiger partial charge is 0.462 e. The van der Waals surface area contributed by atoms with E-state index in [4.69, 9.17) is 37.0 Å². The summed E-state index contributed by atoms with van der Waals surface area (Å²) in [7, 11) is -9.92. The average molecular weight is 1380 g/mol. The van der Waals surface area contributed by atoms with Crippen molar-refractivity contribution in [1.29, 1.82) is 0 Å². The third kappa shape index (κ3) is 66.8. The molecule has 0 aliphatic rings. The molecule has 0 aliphatic carbocycles. The molecule has 0 bridgehead atoms. The Morgan fingerprint density at radius 3 is 0.947 bits per heavy atom. The molecule has 17 nitrogen and oxygen atoms in total. The molecule has 554 valence electrons. The van der Waals surface area contributed by atoms with Crippen LogP contribution in [0.4, 0.5) is 0 Å². The molecule has 0 fully saturated rings. The van der Waals surface area contributed by atoms with Gasteiger partial charge in [0.2, 0.25) is 0 Å². The highest BCUT2D eigenvalue weighted by Crippen LogP contribution is 2.45. The molecular formula is C75H142O17P2. The number of rotatable bonds is 71. The summed E-state index contributed by atoms with van der Waals surface area (Å²) in [4.78, 5) is 72.7. The maximum atomic E-state index is 13.1. The van der Waals surface area contributed by atoms with Crippen LogP contribution in [0.1, 0.15) is 357 Å². The molecule has 0 rings (SSSR count). The van der Waals surface area contributed by atoms with Gasteiger partial charge in [-0.2, -0.15) is 0 Å². The lowest BCUT2D eigenvalue weighted by atomic mass is 9.99. The Balaban J connectivity index is 5.27. The molecular weight excluding hydrogens is 1230 g/mol. The van der Waals surface area contributed by atoms with Crippen molar-refractivity contribution in [2.75, 3.05) is 39.6 Å². The van der Waals surface area contributed by atoms with E-state index >= 15 is 0 Å². The topological polar surface area (TPSA) is 237 Å². The van der Waals surface area contributed by atoms with Crippen molar-refractivity contribution in [2.45, 2.75) is 375 Å². The lowest BCUT2D eigenvalue weighted by molar-refractivity contribution is -0.161. The van der Waals surface area contributed by atoms with E-state index in [1.54, 1.807) is 0 Å². The van der Waals surface area contributed by atoms with Crippen molar-refractivity contribution >= 4 is 39.5 Å². The monoisotopic (exact) mass is 1380 g/mol. The van der Waals surface area contributed by atoms with Crippen LogP contribution >= 0.6 is 15.6 Å². The minimum absolute atomic E-state index is 0.0839. The lowest BCUT2D eigenvalue weighted by Crippen LogP contribution is -2.30. The van der Waals surface area contributed by atoms with Crippen molar-refractivity contribution < 1.29 is 80.2 Å². The fraction of sp³-hybridized carbons (Fsp3) is 0.893. The van der Waals surface area contributed by atoms with Crippen molar-refractivity contribution in [3.05, 3.63) is 24.3 Å². The van der Waals surface area contributed by atoms with Gasteiger partial charge in [-0.05, 0) is 69.1 Å². The molecule has 0 aromatic heterocycles. The fourth-order valence-electron chi connectivity index (χ4n) is 10.9. The number of aliphatic hydroxyl groups is 1. The first-order valence-electron chi connectivity index (χ1n) is 38.2. The number of esters is 4. The second kappa shape index (κ2) is 65.2. The zero-order valence-electron chi connectivity index (χ0n) is 60.9. The molecule has 0 aliphatic heterocycles. The van der Waals surface area contributed by atoms with Crippen molar-refractivity contribution in [3.63, 3.8) is 0 Å². The summed E-state index contributed by atoms with van der Waals surface area (Å²) < 4.78 is 68.4. The molecule has 0 saturated carbocycles. The van der Waals surface area contributed by atoms with E-state index in [0.29, 0.717) is 31.6 Å². The van der Waals surface area contributed by atoms with Crippen LogP contribution in [0, 0.1) is 17.8 Å². The van der Waals surface area contributed by atoms with Crippen LogP contribution in [-0.2, 0) is 65.4 Å². The summed E-state index contributed by atoms with van der Waals surface area (Å²) in [6.07, 6.45) is 53.6. The number of carbonyl (C=O) groups excluding carboxylic acids is 4. The first kappa shape index (κ1) is 91.5. The largest absolute Gasteiger partial charge is 0.472 e. The van der Waals surface area contributed by atoms with Crippen molar-refractivity contribution in [1.82, 2.24) is 0 Å². The summed E-state index contributed by atoms with van der Waals surface area (Å²) in [6, 6.07) is 0. The van der Waals surface area contributed by atoms with Gasteiger partial charge < -0.3 is 33.8 Å². The zero-order valence-corrected chi connectivity index (χ0v) is 62.7. The predicted octanol–water partition coefficient (Wildman–Crippen LogP) is 21.3. The Kier molecular flexibility index (Phi) is 63.5. The average Bonchev–Trinajstić information content (AvgIpc) is 1.71. The molecule has 0 aromatic carbocycles. The summed E-state index contributed by atoms with van der Waals surface area (Å²) in [5.41, 5.74) is 0. The molecule has 0 saturated heterocycles. The summed E-state index contributed by atoms with van der Waals surface area (Å²) in [6.45, 7) is 11.8. The Morgan fingerprint density at radius 1 is 0.351 bits per heavy atom. The molecule has 3 N–H and O–H groups in total. The molecule has 19 heteroatoms. The van der Waals surface area contributed by atoms with Crippen LogP contribution in [0.25, 0.3) is 0 Å². The Morgan fingerprint density at radius 2 is 0.628 bits per heavy atom. The van der Waals surface area contributed by atoms with Gasteiger partial charge in [0.05, 0.1) is 26.4 Å². The van der Waals surface area contributed by atoms with E-state index in [-0.39, 0.29) is 25.7 Å². The highest BCUT2D eigenvalue weighted by molar-refractivity contribution is 7.47. The molecule has 6 atom stereocenters. The number of ether oxygens (including phenoxy) is 4. The van der Waals surface area contributed by atoms with Crippen LogP contribution in [0.15, 0.2) is 24.3 Å². The summed E-state index contributed by atoms with van der Waals surface area (Å²) >= 11 is 0. The number of aliphatic hydroxyl groups excluding tert-OH is 1. The third-order valence-electron chi connectivity index (χ3n) is 17.1. The van der Waals surface area contributed by atoms with E-state index in [2.05, 4.69) is 72.8 Å². The number of phosphoric acid groups is 2. The van der Waals surface area contributed by atoms with Crippen LogP contribution in [0.3, 0.4) is 0 Å². The van der Waals surface area contributed by atoms with Gasteiger partial charge in [0.15, 0.2) is 12.2 Å². The second-order valence-electron chi connectivity index (χ2n) is 27.5. The molecule has 0 spiro atoms. The van der Waals surface area contributed by atoms with Gasteiger partial charge in [-0.1, -0.05) is 304 Å². The first-order chi connectivity index (χ1) is 45.3. The number of phosphoric ester groups is 2. The van der Waals surface area contributed by atoms with Gasteiger partial charge in [0, 0.05) is 25.7 Å². The molecule has 4 unspecified atom stereocenters. The number of allylic oxidation sites excluding steroid dienone is 4. The van der Waals surface area contributed by atoms with Gasteiger partial charge in [-0.3, -0.25) is 37.3 Å². The predicted molar refractivity (Wildman–Crippen MR) is 381 cm³/mol. The first-order valence-corrected chi connectivity index (χ1v) is 41.2. The maximum absolute atomic E-state index is 13.1. The SMILES string of the molecule is CCCCCC/C=C\C=C/CCCCCCCC(=O)O[C@H](COC(=O)CCCCCCCCCC(C)C)COP(=O)(O)OCC(O)COP(=O)(O)OC[C@@H](COC(=O)CCCCCCCCCCCCCCCCC(C)C)OC(=O)CCCCCCCCCCC(C)CC. The Labute approximate surface area is 573 Å². The quantitative estimate of drug-likeness (QED) is 0.0169. The van der Waals surface area contributed by atoms with Gasteiger partial charge in [-0.25, -0.2) is 9.13 Å². The van der Waals surface area contributed by atoms with E-state index < -0.39 is 97.5 Å². The molecule has 0 amide bonds. The number of carbonyl (C=O) groups is 4. The number of hydrogen-bond donors (Lipinski definition) is 3. The molecule has 0 aromatic rings. The minimum Gasteiger partial charge on any atom is -0.462 e. The highest BCUT2D eigenvalue weighted by Gasteiger charge is 2.30. The van der Waals surface area contributed by atoms with Crippen molar-refractivity contribution in [2.24, 2.45) is 17.8 Å². The highest BCUT2D eigenvalue weighted by atomic mass is 31.2. The van der Waals surface area contributed by atoms with Gasteiger partial charge in [0.1, 0.15) is 19.3 Å². The van der Waals surface area contributed by atoms with Crippen molar-refractivity contribution in [3.8, 4) is 0 Å². The normalized spacial score (nSPS) is 14.6. The molecule has 0 heterocycles. The van der Waals surface area contributed by atoms with E-state index in [0.717, 1.165) is 121 Å².